The van der Waals surface area contributed by atoms with Crippen LogP contribution >= 0.6 is 0 Å². The highest BCUT2D eigenvalue weighted by Crippen LogP contribution is 2.34. The molecular weight excluding hydrogens is 509 g/mol. The van der Waals surface area contributed by atoms with Crippen molar-refractivity contribution >= 4 is 22.0 Å². The largest absolute Gasteiger partial charge is 0.490 e. The molecule has 1 aliphatic carbocycles. The van der Waals surface area contributed by atoms with E-state index in [1.807, 2.05) is 6.07 Å². The summed E-state index contributed by atoms with van der Waals surface area (Å²) in [5, 5.41) is 21.3. The van der Waals surface area contributed by atoms with E-state index in [-0.39, 0.29) is 23.8 Å². The second-order valence-corrected chi connectivity index (χ2v) is 9.38. The molecule has 0 fully saturated rings. The summed E-state index contributed by atoms with van der Waals surface area (Å²) in [6.07, 6.45) is 2.88. The van der Waals surface area contributed by atoms with Gasteiger partial charge in [0.05, 0.1) is 12.0 Å². The number of hydrogen-bond donors (Lipinski definition) is 3. The summed E-state index contributed by atoms with van der Waals surface area (Å²) in [7, 11) is -2.01. The normalized spacial score (nSPS) is 12.8. The highest BCUT2D eigenvalue weighted by atomic mass is 32.2. The molecule has 0 aromatic carbocycles. The number of alkyl halides is 3. The van der Waals surface area contributed by atoms with Crippen molar-refractivity contribution in [3.05, 3.63) is 47.8 Å². The van der Waals surface area contributed by atoms with E-state index in [4.69, 9.17) is 9.90 Å². The first-order valence-electron chi connectivity index (χ1n) is 10.3. The van der Waals surface area contributed by atoms with Crippen molar-refractivity contribution in [2.75, 3.05) is 6.54 Å². The van der Waals surface area contributed by atoms with Gasteiger partial charge in [0, 0.05) is 49.9 Å². The summed E-state index contributed by atoms with van der Waals surface area (Å²) in [6.45, 7) is 0.419. The second kappa shape index (κ2) is 10.4. The molecule has 4 rings (SSSR count). The monoisotopic (exact) mass is 530 g/mol. The first-order valence-corrected chi connectivity index (χ1v) is 11.8. The van der Waals surface area contributed by atoms with E-state index in [9.17, 15) is 31.5 Å². The molecule has 0 spiro atoms. The molecule has 36 heavy (non-hydrogen) atoms. The number of aromatic carboxylic acids is 1. The molecule has 194 valence electrons. The van der Waals surface area contributed by atoms with Crippen LogP contribution in [0.3, 0.4) is 0 Å². The molecule has 12 nitrogen and oxygen atoms in total. The van der Waals surface area contributed by atoms with Crippen LogP contribution in [0, 0.1) is 0 Å². The molecule has 3 heterocycles. The van der Waals surface area contributed by atoms with Crippen molar-refractivity contribution in [1.29, 1.82) is 0 Å². The van der Waals surface area contributed by atoms with E-state index in [2.05, 4.69) is 19.8 Å². The zero-order valence-electron chi connectivity index (χ0n) is 18.7. The van der Waals surface area contributed by atoms with Gasteiger partial charge in [0.25, 0.3) is 10.0 Å². The molecule has 0 radical (unpaired) electrons. The number of carboxylic acid groups (broad SMARTS) is 2. The van der Waals surface area contributed by atoms with Gasteiger partial charge in [-0.3, -0.25) is 9.67 Å². The Morgan fingerprint density at radius 2 is 1.92 bits per heavy atom. The fourth-order valence-electron chi connectivity index (χ4n) is 3.51. The van der Waals surface area contributed by atoms with Gasteiger partial charge in [-0.25, -0.2) is 27.7 Å². The Labute approximate surface area is 202 Å². The number of aromatic nitrogens is 5. The van der Waals surface area contributed by atoms with Crippen molar-refractivity contribution in [2.24, 2.45) is 7.05 Å². The summed E-state index contributed by atoms with van der Waals surface area (Å²) >= 11 is 0. The van der Waals surface area contributed by atoms with Gasteiger partial charge in [-0.1, -0.05) is 0 Å². The molecule has 3 aromatic rings. The number of pyridine rings is 1. The Morgan fingerprint density at radius 3 is 2.50 bits per heavy atom. The molecule has 0 amide bonds. The van der Waals surface area contributed by atoms with Gasteiger partial charge in [-0.15, -0.1) is 0 Å². The number of nitrogens with zero attached hydrogens (tertiary/aromatic N) is 5. The number of halogens is 3. The van der Waals surface area contributed by atoms with Gasteiger partial charge < -0.3 is 14.8 Å². The van der Waals surface area contributed by atoms with Crippen LogP contribution in [0.2, 0.25) is 0 Å². The molecule has 0 saturated carbocycles. The third kappa shape index (κ3) is 6.06. The first kappa shape index (κ1) is 26.8. The number of nitrogens with one attached hydrogen (secondary N) is 1. The molecule has 1 aliphatic rings. The molecule has 0 bridgehead atoms. The Kier molecular flexibility index (Phi) is 7.78. The lowest BCUT2D eigenvalue weighted by molar-refractivity contribution is -0.192. The topological polar surface area (TPSA) is 169 Å². The Hall–Kier alpha value is -3.79. The minimum Gasteiger partial charge on any atom is -0.477 e. The summed E-state index contributed by atoms with van der Waals surface area (Å²) in [5.74, 6) is -3.79. The molecule has 3 N–H and O–H groups in total. The van der Waals surface area contributed by atoms with E-state index >= 15 is 0 Å². The molecule has 0 unspecified atom stereocenters. The van der Waals surface area contributed by atoms with Crippen molar-refractivity contribution in [1.82, 2.24) is 29.0 Å². The number of carboxylic acids is 2. The van der Waals surface area contributed by atoms with E-state index in [1.165, 1.54) is 17.2 Å². The summed E-state index contributed by atoms with van der Waals surface area (Å²) in [5.41, 5.74) is 3.49. The minimum atomic E-state index is -5.08. The summed E-state index contributed by atoms with van der Waals surface area (Å²) in [6, 6.07) is 1.84. The maximum absolute atomic E-state index is 12.2. The van der Waals surface area contributed by atoms with Crippen LogP contribution in [0.5, 0.6) is 0 Å². The fourth-order valence-corrected chi connectivity index (χ4v) is 4.56. The summed E-state index contributed by atoms with van der Waals surface area (Å²) in [4.78, 5) is 28.7. The number of aliphatic carboxylic acids is 1. The van der Waals surface area contributed by atoms with Gasteiger partial charge in [0.2, 0.25) is 0 Å². The lowest BCUT2D eigenvalue weighted by Crippen LogP contribution is -2.26. The number of fused-ring (bicyclic) bond motifs is 3. The quantitative estimate of drug-likeness (QED) is 0.383. The Balaban J connectivity index is 0.000000454. The smallest absolute Gasteiger partial charge is 0.477 e. The van der Waals surface area contributed by atoms with Gasteiger partial charge in [0.1, 0.15) is 5.69 Å². The standard InChI is InChI=1S/C18H20N6O4S.C2HF3O2/c1-23-10-15(20-11-23)29(27,28)21-6-2-8-24-17(18(25)26)14-4-3-12-9-19-7-5-13(12)16(14)22-24;3-2(4,5)1(6)7/h5,7,9-11,21H,2-4,6,8H2,1H3,(H,25,26);(H,6,7). The number of imidazole rings is 1. The predicted molar refractivity (Wildman–Crippen MR) is 117 cm³/mol. The molecular formula is C20H21F3N6O6S. The van der Waals surface area contributed by atoms with Crippen LogP contribution < -0.4 is 4.72 Å². The van der Waals surface area contributed by atoms with Crippen LogP contribution in [-0.2, 0) is 41.3 Å². The van der Waals surface area contributed by atoms with Crippen LogP contribution in [0.25, 0.3) is 11.3 Å². The molecule has 3 aromatic heterocycles. The number of sulfonamides is 1. The maximum atomic E-state index is 12.2. The van der Waals surface area contributed by atoms with Gasteiger partial charge in [0.15, 0.2) is 5.03 Å². The fraction of sp³-hybridized carbons (Fsp3) is 0.350. The zero-order chi connectivity index (χ0) is 26.7. The van der Waals surface area contributed by atoms with Crippen molar-refractivity contribution < 1.29 is 41.4 Å². The molecule has 16 heteroatoms. The van der Waals surface area contributed by atoms with E-state index in [1.54, 1.807) is 24.0 Å². The number of rotatable bonds is 7. The third-order valence-electron chi connectivity index (χ3n) is 5.09. The average Bonchev–Trinajstić information content (AvgIpc) is 3.40. The Bertz CT molecular complexity index is 1380. The average molecular weight is 530 g/mol. The lowest BCUT2D eigenvalue weighted by Gasteiger charge is -2.14. The van der Waals surface area contributed by atoms with Crippen molar-refractivity contribution in [3.63, 3.8) is 0 Å². The van der Waals surface area contributed by atoms with Crippen LogP contribution in [0.4, 0.5) is 13.2 Å². The van der Waals surface area contributed by atoms with Crippen LogP contribution in [0.1, 0.15) is 28.0 Å². The molecule has 0 aliphatic heterocycles. The van der Waals surface area contributed by atoms with Crippen molar-refractivity contribution in [2.45, 2.75) is 37.0 Å². The van der Waals surface area contributed by atoms with Gasteiger partial charge in [-0.2, -0.15) is 18.3 Å². The SMILES string of the molecule is Cn1cnc(S(=O)(=O)NCCCn2nc3c(c2C(=O)O)CCc2cnccc2-3)c1.O=C(O)C(F)(F)F. The highest BCUT2D eigenvalue weighted by Gasteiger charge is 2.38. The minimum absolute atomic E-state index is 0.0500. The van der Waals surface area contributed by atoms with E-state index < -0.39 is 28.1 Å². The van der Waals surface area contributed by atoms with Gasteiger partial charge >= 0.3 is 18.1 Å². The van der Waals surface area contributed by atoms with E-state index in [0.717, 1.165) is 11.1 Å². The zero-order valence-corrected chi connectivity index (χ0v) is 19.5. The molecule has 0 saturated heterocycles. The van der Waals surface area contributed by atoms with Crippen LogP contribution in [-0.4, -0.2) is 67.6 Å². The molecule has 0 atom stereocenters. The number of aryl methyl sites for hydroxylation is 3. The Morgan fingerprint density at radius 1 is 1.22 bits per heavy atom. The first-order chi connectivity index (χ1) is 16.8. The summed E-state index contributed by atoms with van der Waals surface area (Å²) < 4.78 is 61.7. The maximum Gasteiger partial charge on any atom is 0.490 e. The van der Waals surface area contributed by atoms with Crippen LogP contribution in [0.15, 0.2) is 36.0 Å². The third-order valence-corrected chi connectivity index (χ3v) is 6.44. The van der Waals surface area contributed by atoms with Crippen molar-refractivity contribution in [3.8, 4) is 11.3 Å². The number of hydrogen-bond acceptors (Lipinski definition) is 7. The predicted octanol–water partition coefficient (Wildman–Crippen LogP) is 1.48. The van der Waals surface area contributed by atoms with Gasteiger partial charge in [-0.05, 0) is 30.9 Å². The van der Waals surface area contributed by atoms with E-state index in [0.29, 0.717) is 30.5 Å². The highest BCUT2D eigenvalue weighted by molar-refractivity contribution is 7.89. The number of carbonyl (C=O) groups is 2. The second-order valence-electron chi connectivity index (χ2n) is 7.67. The lowest BCUT2D eigenvalue weighted by atomic mass is 9.90.